The summed E-state index contributed by atoms with van der Waals surface area (Å²) in [5.41, 5.74) is 3.86. The molecular formula is C22H23ClN4O. The first-order valence-electron chi connectivity index (χ1n) is 9.58. The van der Waals surface area contributed by atoms with Crippen LogP contribution >= 0.6 is 11.6 Å². The quantitative estimate of drug-likeness (QED) is 0.670. The van der Waals surface area contributed by atoms with Crippen molar-refractivity contribution >= 4 is 17.5 Å². The van der Waals surface area contributed by atoms with Crippen LogP contribution in [0.25, 0.3) is 0 Å². The largest absolute Gasteiger partial charge is 0.337 e. The molecule has 0 spiro atoms. The van der Waals surface area contributed by atoms with Gasteiger partial charge >= 0.3 is 0 Å². The van der Waals surface area contributed by atoms with Crippen molar-refractivity contribution in [3.05, 3.63) is 82.4 Å². The number of amides is 1. The Kier molecular flexibility index (Phi) is 5.44. The zero-order valence-electron chi connectivity index (χ0n) is 15.9. The monoisotopic (exact) mass is 394 g/mol. The average Bonchev–Trinajstić information content (AvgIpc) is 3.15. The van der Waals surface area contributed by atoms with Crippen molar-refractivity contribution in [2.45, 2.75) is 25.2 Å². The second-order valence-corrected chi connectivity index (χ2v) is 7.64. The summed E-state index contributed by atoms with van der Waals surface area (Å²) in [4.78, 5) is 19.5. The number of aryl methyl sites for hydroxylation is 1. The summed E-state index contributed by atoms with van der Waals surface area (Å²) in [5.74, 6) is 0.431. The molecule has 144 valence electrons. The maximum Gasteiger partial charge on any atom is 0.272 e. The Bertz CT molecular complexity index is 976. The molecule has 0 saturated carbocycles. The minimum atomic E-state index is 0.0545. The molecule has 6 heteroatoms. The van der Waals surface area contributed by atoms with E-state index in [1.165, 1.54) is 0 Å². The summed E-state index contributed by atoms with van der Waals surface area (Å²) >= 11 is 6.29. The first-order valence-corrected chi connectivity index (χ1v) is 9.96. The lowest BCUT2D eigenvalue weighted by Crippen LogP contribution is -2.38. The molecule has 0 atom stereocenters. The average molecular weight is 395 g/mol. The maximum absolute atomic E-state index is 12.7. The van der Waals surface area contributed by atoms with Crippen molar-refractivity contribution in [2.24, 2.45) is 7.05 Å². The van der Waals surface area contributed by atoms with E-state index in [0.717, 1.165) is 54.3 Å². The topological polar surface area (TPSA) is 51.0 Å². The third-order valence-electron chi connectivity index (χ3n) is 5.40. The summed E-state index contributed by atoms with van der Waals surface area (Å²) in [5, 5.41) is 4.87. The standard InChI is InChI=1S/C22H23ClN4O/c1-26-21(9-12-24-26)22(28)27-13-10-16(11-14-27)20-8-4-6-18(25-20)15-17-5-2-3-7-19(17)23/h2-9,12,16H,10-11,13-15H2,1H3. The Morgan fingerprint density at radius 2 is 1.89 bits per heavy atom. The predicted molar refractivity (Wildman–Crippen MR) is 110 cm³/mol. The van der Waals surface area contributed by atoms with E-state index in [2.05, 4.69) is 17.2 Å². The molecule has 1 aliphatic rings. The van der Waals surface area contributed by atoms with Crippen LogP contribution in [-0.4, -0.2) is 38.7 Å². The van der Waals surface area contributed by atoms with Crippen molar-refractivity contribution in [2.75, 3.05) is 13.1 Å². The van der Waals surface area contributed by atoms with Crippen LogP contribution in [0, 0.1) is 0 Å². The van der Waals surface area contributed by atoms with Gasteiger partial charge in [-0.05, 0) is 42.7 Å². The number of rotatable bonds is 4. The van der Waals surface area contributed by atoms with Gasteiger partial charge in [0.05, 0.1) is 0 Å². The van der Waals surface area contributed by atoms with Crippen molar-refractivity contribution in [1.82, 2.24) is 19.7 Å². The lowest BCUT2D eigenvalue weighted by atomic mass is 9.92. The minimum absolute atomic E-state index is 0.0545. The molecule has 1 amide bonds. The summed E-state index contributed by atoms with van der Waals surface area (Å²) in [7, 11) is 1.80. The van der Waals surface area contributed by atoms with Gasteiger partial charge in [-0.1, -0.05) is 35.9 Å². The van der Waals surface area contributed by atoms with Gasteiger partial charge < -0.3 is 4.90 Å². The van der Waals surface area contributed by atoms with E-state index >= 15 is 0 Å². The van der Waals surface area contributed by atoms with E-state index in [9.17, 15) is 4.79 Å². The van der Waals surface area contributed by atoms with Gasteiger partial charge in [0, 0.05) is 55.1 Å². The summed E-state index contributed by atoms with van der Waals surface area (Å²) < 4.78 is 1.63. The van der Waals surface area contributed by atoms with Gasteiger partial charge in [0.1, 0.15) is 5.69 Å². The summed E-state index contributed by atoms with van der Waals surface area (Å²) in [6.07, 6.45) is 4.23. The fraction of sp³-hybridized carbons (Fsp3) is 0.318. The molecule has 0 bridgehead atoms. The van der Waals surface area contributed by atoms with Crippen LogP contribution in [-0.2, 0) is 13.5 Å². The number of likely N-dealkylation sites (tertiary alicyclic amines) is 1. The van der Waals surface area contributed by atoms with Crippen LogP contribution < -0.4 is 0 Å². The molecule has 3 heterocycles. The lowest BCUT2D eigenvalue weighted by Gasteiger charge is -2.31. The number of carbonyl (C=O) groups is 1. The number of nitrogens with zero attached hydrogens (tertiary/aromatic N) is 4. The van der Waals surface area contributed by atoms with Crippen LogP contribution in [0.5, 0.6) is 0 Å². The van der Waals surface area contributed by atoms with E-state index in [1.54, 1.807) is 24.0 Å². The van der Waals surface area contributed by atoms with Crippen molar-refractivity contribution in [1.29, 1.82) is 0 Å². The van der Waals surface area contributed by atoms with Gasteiger partial charge in [-0.3, -0.25) is 14.5 Å². The Labute approximate surface area is 170 Å². The molecule has 0 N–H and O–H groups in total. The number of aromatic nitrogens is 3. The van der Waals surface area contributed by atoms with Gasteiger partial charge in [-0.15, -0.1) is 0 Å². The number of hydrogen-bond donors (Lipinski definition) is 0. The number of carbonyl (C=O) groups excluding carboxylic acids is 1. The van der Waals surface area contributed by atoms with Gasteiger partial charge in [-0.25, -0.2) is 0 Å². The zero-order chi connectivity index (χ0) is 19.5. The number of piperidine rings is 1. The van der Waals surface area contributed by atoms with E-state index < -0.39 is 0 Å². The molecule has 4 rings (SSSR count). The Morgan fingerprint density at radius 3 is 2.61 bits per heavy atom. The number of benzene rings is 1. The van der Waals surface area contributed by atoms with Crippen molar-refractivity contribution in [3.8, 4) is 0 Å². The highest BCUT2D eigenvalue weighted by molar-refractivity contribution is 6.31. The smallest absolute Gasteiger partial charge is 0.272 e. The van der Waals surface area contributed by atoms with Crippen molar-refractivity contribution in [3.63, 3.8) is 0 Å². The lowest BCUT2D eigenvalue weighted by molar-refractivity contribution is 0.0701. The molecule has 28 heavy (non-hydrogen) atoms. The molecule has 3 aromatic rings. The maximum atomic E-state index is 12.7. The highest BCUT2D eigenvalue weighted by Crippen LogP contribution is 2.28. The molecule has 1 fully saturated rings. The first kappa shape index (κ1) is 18.7. The van der Waals surface area contributed by atoms with Crippen LogP contribution in [0.2, 0.25) is 5.02 Å². The van der Waals surface area contributed by atoms with Crippen LogP contribution in [0.4, 0.5) is 0 Å². The van der Waals surface area contributed by atoms with E-state index in [0.29, 0.717) is 11.6 Å². The Morgan fingerprint density at radius 1 is 1.11 bits per heavy atom. The third kappa shape index (κ3) is 3.94. The molecule has 1 aromatic carbocycles. The second-order valence-electron chi connectivity index (χ2n) is 7.23. The summed E-state index contributed by atoms with van der Waals surface area (Å²) in [6.45, 7) is 1.48. The predicted octanol–water partition coefficient (Wildman–Crippen LogP) is 4.08. The van der Waals surface area contributed by atoms with E-state index in [-0.39, 0.29) is 5.91 Å². The van der Waals surface area contributed by atoms with Crippen LogP contribution in [0.1, 0.15) is 46.2 Å². The Balaban J connectivity index is 1.42. The highest BCUT2D eigenvalue weighted by atomic mass is 35.5. The van der Waals surface area contributed by atoms with Gasteiger partial charge in [0.2, 0.25) is 0 Å². The van der Waals surface area contributed by atoms with Gasteiger partial charge in [0.15, 0.2) is 0 Å². The highest BCUT2D eigenvalue weighted by Gasteiger charge is 2.26. The van der Waals surface area contributed by atoms with Crippen LogP contribution in [0.3, 0.4) is 0 Å². The normalized spacial score (nSPS) is 15.0. The zero-order valence-corrected chi connectivity index (χ0v) is 16.6. The van der Waals surface area contributed by atoms with Crippen LogP contribution in [0.15, 0.2) is 54.7 Å². The second kappa shape index (κ2) is 8.15. The Hall–Kier alpha value is -2.66. The molecule has 0 unspecified atom stereocenters. The molecular weight excluding hydrogens is 372 g/mol. The fourth-order valence-corrected chi connectivity index (χ4v) is 3.99. The number of hydrogen-bond acceptors (Lipinski definition) is 3. The number of pyridine rings is 1. The SMILES string of the molecule is Cn1nccc1C(=O)N1CCC(c2cccc(Cc3ccccc3Cl)n2)CC1. The minimum Gasteiger partial charge on any atom is -0.337 e. The molecule has 0 radical (unpaired) electrons. The molecule has 1 aliphatic heterocycles. The van der Waals surface area contributed by atoms with E-state index in [1.807, 2.05) is 35.2 Å². The molecule has 5 nitrogen and oxygen atoms in total. The first-order chi connectivity index (χ1) is 13.6. The molecule has 2 aromatic heterocycles. The fourth-order valence-electron chi connectivity index (χ4n) is 3.78. The molecule has 1 saturated heterocycles. The molecule has 0 aliphatic carbocycles. The third-order valence-corrected chi connectivity index (χ3v) is 5.77. The van der Waals surface area contributed by atoms with Crippen molar-refractivity contribution < 1.29 is 4.79 Å². The summed E-state index contributed by atoms with van der Waals surface area (Å²) in [6, 6.07) is 15.9. The van der Waals surface area contributed by atoms with Gasteiger partial charge in [0.25, 0.3) is 5.91 Å². The number of halogens is 1. The van der Waals surface area contributed by atoms with E-state index in [4.69, 9.17) is 16.6 Å². The van der Waals surface area contributed by atoms with Gasteiger partial charge in [-0.2, -0.15) is 5.10 Å².